The Morgan fingerprint density at radius 2 is 2.09 bits per heavy atom. The number of rotatable bonds is 1. The first kappa shape index (κ1) is 9.72. The van der Waals surface area contributed by atoms with Crippen LogP contribution in [-0.4, -0.2) is 66.9 Å². The summed E-state index contributed by atoms with van der Waals surface area (Å²) in [5, 5.41) is 27.2. The summed E-state index contributed by atoms with van der Waals surface area (Å²) in [6.07, 6.45) is -1.82. The quantitative estimate of drug-likeness (QED) is 0.479. The average molecular weight is 266 g/mol. The van der Waals surface area contributed by atoms with E-state index in [4.69, 9.17) is 9.84 Å². The molecule has 3 N–H and O–H groups in total. The molecule has 0 saturated carbocycles. The minimum atomic E-state index is -0.934. The Morgan fingerprint density at radius 3 is 2.64 bits per heavy atom. The molecule has 1 aliphatic rings. The van der Waals surface area contributed by atoms with Crippen LogP contribution in [0.25, 0.3) is 0 Å². The summed E-state index contributed by atoms with van der Waals surface area (Å²) in [4.78, 5) is 0. The number of hydrogen-bond acceptors (Lipinski definition) is 4. The Morgan fingerprint density at radius 1 is 1.45 bits per heavy atom. The van der Waals surface area contributed by atoms with Gasteiger partial charge in [0, 0.05) is 0 Å². The Balaban J connectivity index is 2.51. The van der Waals surface area contributed by atoms with E-state index in [1.807, 2.05) is 0 Å². The van der Waals surface area contributed by atoms with Crippen molar-refractivity contribution in [1.29, 1.82) is 0 Å². The van der Waals surface area contributed by atoms with Gasteiger partial charge in [-0.2, -0.15) is 0 Å². The molecule has 1 unspecified atom stereocenters. The van der Waals surface area contributed by atoms with E-state index in [1.165, 1.54) is 22.5 Å². The van der Waals surface area contributed by atoms with Crippen LogP contribution in [0, 0.1) is 0 Å². The normalized spacial score (nSPS) is 45.8. The van der Waals surface area contributed by atoms with Crippen molar-refractivity contribution < 1.29 is 20.1 Å². The predicted molar refractivity (Wildman–Crippen MR) is 38.1 cm³/mol. The number of hydrogen-bond donors (Lipinski definition) is 3. The molecule has 1 fully saturated rings. The summed E-state index contributed by atoms with van der Waals surface area (Å²) in [7, 11) is 0. The van der Waals surface area contributed by atoms with Crippen molar-refractivity contribution in [2.45, 2.75) is 28.9 Å². The van der Waals surface area contributed by atoms with E-state index in [1.54, 1.807) is 0 Å². The Bertz CT molecular complexity index is 132. The Kier molecular flexibility index (Phi) is 3.57. The van der Waals surface area contributed by atoms with Crippen molar-refractivity contribution in [3.63, 3.8) is 0 Å². The van der Waals surface area contributed by atoms with Crippen molar-refractivity contribution in [2.75, 3.05) is 6.61 Å². The summed E-state index contributed by atoms with van der Waals surface area (Å²) < 4.78 is 5.20. The van der Waals surface area contributed by atoms with Gasteiger partial charge < -0.3 is 0 Å². The van der Waals surface area contributed by atoms with Gasteiger partial charge in [-0.25, -0.2) is 0 Å². The number of aliphatic hydroxyl groups excluding tert-OH is 3. The minimum absolute atomic E-state index is 0.00208. The molecule has 0 amide bonds. The third-order valence-electron chi connectivity index (χ3n) is 1.75. The molecule has 0 aliphatic carbocycles. The molecule has 0 aromatic carbocycles. The molecule has 1 aliphatic heterocycles. The second-order valence-corrected chi connectivity index (χ2v) is 4.48. The first-order chi connectivity index (χ1) is 5.15. The van der Waals surface area contributed by atoms with Crippen LogP contribution in [0.3, 0.4) is 0 Å². The van der Waals surface area contributed by atoms with Crippen LogP contribution in [0.1, 0.15) is 6.42 Å². The molecule has 11 heavy (non-hydrogen) atoms. The molecule has 4 nitrogen and oxygen atoms in total. The summed E-state index contributed by atoms with van der Waals surface area (Å²) in [6.45, 7) is -0.233. The van der Waals surface area contributed by atoms with E-state index in [0.29, 0.717) is 6.42 Å². The zero-order valence-electron chi connectivity index (χ0n) is 5.97. The zero-order chi connectivity index (χ0) is 8.43. The van der Waals surface area contributed by atoms with Crippen LogP contribution in [0.5, 0.6) is 0 Å². The predicted octanol–water partition coefficient (Wildman–Crippen LogP) is -2.02. The molecule has 0 aromatic heterocycles. The fourth-order valence-electron chi connectivity index (χ4n) is 1.10. The topological polar surface area (TPSA) is 69.9 Å². The fraction of sp³-hybridized carbons (Fsp3) is 1.00. The van der Waals surface area contributed by atoms with Crippen molar-refractivity contribution in [3.05, 3.63) is 0 Å². The number of ether oxygens (including phenoxy) is 1. The molecule has 0 spiro atoms. The van der Waals surface area contributed by atoms with Crippen molar-refractivity contribution in [2.24, 2.45) is 0 Å². The van der Waals surface area contributed by atoms with Gasteiger partial charge in [0.2, 0.25) is 0 Å². The fourth-order valence-corrected chi connectivity index (χ4v) is 2.29. The molecule has 1 saturated heterocycles. The van der Waals surface area contributed by atoms with Gasteiger partial charge in [-0.1, -0.05) is 0 Å². The molecule has 3 radical (unpaired) electrons. The molecule has 0 aromatic rings. The van der Waals surface area contributed by atoms with E-state index in [2.05, 4.69) is 0 Å². The van der Waals surface area contributed by atoms with E-state index in [0.717, 1.165) is 0 Å². The van der Waals surface area contributed by atoms with Crippen LogP contribution >= 0.6 is 0 Å². The van der Waals surface area contributed by atoms with E-state index in [-0.39, 0.29) is 10.7 Å². The maximum absolute atomic E-state index is 9.23. The average Bonchev–Trinajstić information content (AvgIpc) is 1.96. The molecule has 5 heteroatoms. The molecule has 1 rings (SSSR count). The summed E-state index contributed by atoms with van der Waals surface area (Å²) in [6, 6.07) is 0. The first-order valence-corrected chi connectivity index (χ1v) is 5.13. The van der Waals surface area contributed by atoms with Gasteiger partial charge in [-0.05, 0) is 0 Å². The molecule has 4 atom stereocenters. The summed E-state index contributed by atoms with van der Waals surface area (Å²) >= 11 is 1.17. The van der Waals surface area contributed by atoms with Gasteiger partial charge in [0.25, 0.3) is 0 Å². The second-order valence-electron chi connectivity index (χ2n) is 2.64. The van der Waals surface area contributed by atoms with Crippen LogP contribution in [0.2, 0.25) is 0 Å². The standard InChI is InChI=1S/C6H11O4.Sn/c7-3-5-6(9)4(8)1-2-10-5;/h2,4-9H,1,3H2;/t4-,5-,6+;/m1./s1. The molecular formula is C6H11O4Sn. The van der Waals surface area contributed by atoms with Crippen molar-refractivity contribution in [3.8, 4) is 0 Å². The Hall–Kier alpha value is 0.639. The van der Waals surface area contributed by atoms with Crippen LogP contribution in [0.4, 0.5) is 0 Å². The molecule has 63 valence electrons. The maximum atomic E-state index is 9.23. The van der Waals surface area contributed by atoms with Gasteiger partial charge in [-0.3, -0.25) is 0 Å². The third kappa shape index (κ3) is 2.29. The van der Waals surface area contributed by atoms with E-state index >= 15 is 0 Å². The van der Waals surface area contributed by atoms with Gasteiger partial charge in [0.15, 0.2) is 0 Å². The van der Waals surface area contributed by atoms with Crippen LogP contribution < -0.4 is 0 Å². The van der Waals surface area contributed by atoms with Gasteiger partial charge in [-0.15, -0.1) is 0 Å². The van der Waals surface area contributed by atoms with Gasteiger partial charge >= 0.3 is 78.0 Å². The summed E-state index contributed by atoms with van der Waals surface area (Å²) in [5.74, 6) is 0. The van der Waals surface area contributed by atoms with Gasteiger partial charge in [0.1, 0.15) is 0 Å². The molecular weight excluding hydrogens is 255 g/mol. The van der Waals surface area contributed by atoms with Crippen LogP contribution in [0.15, 0.2) is 0 Å². The van der Waals surface area contributed by atoms with E-state index in [9.17, 15) is 10.2 Å². The monoisotopic (exact) mass is 267 g/mol. The second kappa shape index (κ2) is 4.04. The zero-order valence-corrected chi connectivity index (χ0v) is 8.83. The molecule has 1 heterocycles. The number of aliphatic hydroxyl groups is 3. The van der Waals surface area contributed by atoms with Gasteiger partial charge in [0.05, 0.1) is 0 Å². The molecule has 0 bridgehead atoms. The van der Waals surface area contributed by atoms with Crippen molar-refractivity contribution in [1.82, 2.24) is 0 Å². The van der Waals surface area contributed by atoms with Crippen LogP contribution in [-0.2, 0) is 4.74 Å². The van der Waals surface area contributed by atoms with E-state index < -0.39 is 18.3 Å². The first-order valence-electron chi connectivity index (χ1n) is 3.48. The SMILES string of the molecule is OC[C@H]1O[CH]([Sn])C[C@@H](O)[C@@H]1O. The Labute approximate surface area is 78.3 Å². The van der Waals surface area contributed by atoms with Crippen molar-refractivity contribution >= 4 is 22.5 Å². The third-order valence-corrected chi connectivity index (χ3v) is 2.81. The summed E-state index contributed by atoms with van der Waals surface area (Å²) in [5.41, 5.74) is 0.